The summed E-state index contributed by atoms with van der Waals surface area (Å²) in [6.45, 7) is 7.91. The predicted molar refractivity (Wildman–Crippen MR) is 109 cm³/mol. The molecule has 0 atom stereocenters. The number of morpholine rings is 1. The van der Waals surface area contributed by atoms with E-state index < -0.39 is 0 Å². The van der Waals surface area contributed by atoms with Gasteiger partial charge in [-0.3, -0.25) is 19.8 Å². The van der Waals surface area contributed by atoms with Gasteiger partial charge in [-0.15, -0.1) is 0 Å². The Hall–Kier alpha value is -2.78. The molecule has 0 unspecified atom stereocenters. The molecule has 4 rings (SSSR count). The lowest BCUT2D eigenvalue weighted by molar-refractivity contribution is -0.383. The Bertz CT molecular complexity index is 920. The summed E-state index contributed by atoms with van der Waals surface area (Å²) in [5.74, 6) is 0.151. The number of nitrogens with zero attached hydrogens (tertiary/aromatic N) is 5. The molecule has 2 aliphatic heterocycles. The van der Waals surface area contributed by atoms with Crippen LogP contribution < -0.4 is 4.90 Å². The third-order valence-corrected chi connectivity index (χ3v) is 5.56. The van der Waals surface area contributed by atoms with Crippen molar-refractivity contribution < 1.29 is 14.5 Å². The third kappa shape index (κ3) is 4.15. The van der Waals surface area contributed by atoms with Crippen LogP contribution >= 0.6 is 0 Å². The summed E-state index contributed by atoms with van der Waals surface area (Å²) in [5.41, 5.74) is 2.12. The molecule has 0 saturated carbocycles. The quantitative estimate of drug-likeness (QED) is 0.567. The summed E-state index contributed by atoms with van der Waals surface area (Å²) >= 11 is 0. The number of hydrogen-bond acceptors (Lipinski definition) is 7. The number of aromatic nitrogens is 1. The van der Waals surface area contributed by atoms with Crippen LogP contribution in [0, 0.1) is 17.0 Å². The smallest absolute Gasteiger partial charge is 0.295 e. The van der Waals surface area contributed by atoms with E-state index in [1.165, 1.54) is 6.07 Å². The fourth-order valence-corrected chi connectivity index (χ4v) is 4.00. The number of non-ortho nitro benzene ring substituents is 1. The number of para-hydroxylation sites is 1. The zero-order valence-corrected chi connectivity index (χ0v) is 16.5. The van der Waals surface area contributed by atoms with E-state index in [1.54, 1.807) is 6.07 Å². The van der Waals surface area contributed by atoms with Crippen molar-refractivity contribution in [3.8, 4) is 0 Å². The Balaban J connectivity index is 1.48. The highest BCUT2D eigenvalue weighted by Crippen LogP contribution is 2.32. The van der Waals surface area contributed by atoms with Crippen LogP contribution in [0.3, 0.4) is 0 Å². The molecule has 9 nitrogen and oxygen atoms in total. The molecule has 3 heterocycles. The van der Waals surface area contributed by atoms with E-state index >= 15 is 0 Å². The summed E-state index contributed by atoms with van der Waals surface area (Å²) in [5, 5.41) is 12.2. The van der Waals surface area contributed by atoms with Crippen LogP contribution in [0.15, 0.2) is 24.3 Å². The first-order chi connectivity index (χ1) is 14.0. The molecule has 1 amide bonds. The number of carbonyl (C=O) groups is 1. The van der Waals surface area contributed by atoms with Crippen LogP contribution in [-0.2, 0) is 9.53 Å². The first-order valence-corrected chi connectivity index (χ1v) is 9.90. The summed E-state index contributed by atoms with van der Waals surface area (Å²) < 4.78 is 5.34. The third-order valence-electron chi connectivity index (χ3n) is 5.56. The Kier molecular flexibility index (Phi) is 5.59. The number of benzene rings is 1. The maximum absolute atomic E-state index is 12.6. The number of piperazine rings is 1. The number of hydrogen-bond donors (Lipinski definition) is 0. The summed E-state index contributed by atoms with van der Waals surface area (Å²) in [4.78, 5) is 34.3. The minimum atomic E-state index is -0.388. The van der Waals surface area contributed by atoms with Crippen molar-refractivity contribution in [2.24, 2.45) is 0 Å². The number of pyridine rings is 1. The van der Waals surface area contributed by atoms with Gasteiger partial charge in [0.1, 0.15) is 0 Å². The molecule has 2 aromatic rings. The SMILES string of the molecule is Cc1cc(N2CCN(C(=O)CN3CCOCC3)CC2)c2cccc([N+](=O)[O-])c2n1. The molecule has 9 heteroatoms. The fraction of sp³-hybridized carbons (Fsp3) is 0.500. The van der Waals surface area contributed by atoms with Crippen LogP contribution in [0.4, 0.5) is 11.4 Å². The van der Waals surface area contributed by atoms with Gasteiger partial charge in [-0.1, -0.05) is 12.1 Å². The van der Waals surface area contributed by atoms with Gasteiger partial charge < -0.3 is 14.5 Å². The highest BCUT2D eigenvalue weighted by atomic mass is 16.6. The minimum absolute atomic E-state index is 0.0202. The highest BCUT2D eigenvalue weighted by molar-refractivity contribution is 5.97. The Labute approximate surface area is 169 Å². The minimum Gasteiger partial charge on any atom is -0.379 e. The van der Waals surface area contributed by atoms with Gasteiger partial charge in [-0.2, -0.15) is 0 Å². The van der Waals surface area contributed by atoms with Crippen LogP contribution in [0.2, 0.25) is 0 Å². The number of ether oxygens (including phenoxy) is 1. The average Bonchev–Trinajstić information content (AvgIpc) is 2.73. The molecule has 29 heavy (non-hydrogen) atoms. The predicted octanol–water partition coefficient (Wildman–Crippen LogP) is 1.43. The number of fused-ring (bicyclic) bond motifs is 1. The largest absolute Gasteiger partial charge is 0.379 e. The van der Waals surface area contributed by atoms with Crippen LogP contribution in [0.5, 0.6) is 0 Å². The molecular formula is C20H25N5O4. The van der Waals surface area contributed by atoms with Gasteiger partial charge in [0.2, 0.25) is 5.91 Å². The maximum Gasteiger partial charge on any atom is 0.295 e. The molecule has 2 saturated heterocycles. The monoisotopic (exact) mass is 399 g/mol. The fourth-order valence-electron chi connectivity index (χ4n) is 4.00. The number of nitro groups is 1. The summed E-state index contributed by atoms with van der Waals surface area (Å²) in [7, 11) is 0. The van der Waals surface area contributed by atoms with Crippen molar-refractivity contribution in [1.29, 1.82) is 0 Å². The van der Waals surface area contributed by atoms with E-state index in [0.29, 0.717) is 51.5 Å². The van der Waals surface area contributed by atoms with Crippen molar-refractivity contribution in [2.45, 2.75) is 6.92 Å². The maximum atomic E-state index is 12.6. The Morgan fingerprint density at radius 3 is 2.59 bits per heavy atom. The number of carbonyl (C=O) groups excluding carboxylic acids is 1. The normalized spacial score (nSPS) is 18.2. The van der Waals surface area contributed by atoms with Crippen molar-refractivity contribution in [1.82, 2.24) is 14.8 Å². The molecule has 0 bridgehead atoms. The van der Waals surface area contributed by atoms with E-state index in [9.17, 15) is 14.9 Å². The molecule has 2 aliphatic rings. The summed E-state index contributed by atoms with van der Waals surface area (Å²) in [6, 6.07) is 7.03. The number of amides is 1. The Morgan fingerprint density at radius 2 is 1.90 bits per heavy atom. The van der Waals surface area contributed by atoms with Crippen LogP contribution in [0.25, 0.3) is 10.9 Å². The standard InChI is InChI=1S/C20H25N5O4/c1-15-13-18(16-3-2-4-17(25(27)28)20(16)21-15)23-5-7-24(8-6-23)19(26)14-22-9-11-29-12-10-22/h2-4,13H,5-12,14H2,1H3. The van der Waals surface area contributed by atoms with Gasteiger partial charge in [0.05, 0.1) is 24.7 Å². The topological polar surface area (TPSA) is 92.0 Å². The number of anilines is 1. The lowest BCUT2D eigenvalue weighted by atomic mass is 10.1. The van der Waals surface area contributed by atoms with Gasteiger partial charge in [0.15, 0.2) is 5.52 Å². The van der Waals surface area contributed by atoms with Crippen LogP contribution in [-0.4, -0.2) is 84.6 Å². The number of rotatable bonds is 4. The second-order valence-corrected chi connectivity index (χ2v) is 7.47. The van der Waals surface area contributed by atoms with Crippen molar-refractivity contribution in [3.63, 3.8) is 0 Å². The second kappa shape index (κ2) is 8.30. The van der Waals surface area contributed by atoms with Gasteiger partial charge in [0.25, 0.3) is 5.69 Å². The summed E-state index contributed by atoms with van der Waals surface area (Å²) in [6.07, 6.45) is 0. The van der Waals surface area contributed by atoms with E-state index in [1.807, 2.05) is 24.0 Å². The van der Waals surface area contributed by atoms with Gasteiger partial charge in [0, 0.05) is 62.1 Å². The molecule has 154 valence electrons. The van der Waals surface area contributed by atoms with Crippen molar-refractivity contribution >= 4 is 28.2 Å². The average molecular weight is 399 g/mol. The lowest BCUT2D eigenvalue weighted by Gasteiger charge is -2.37. The van der Waals surface area contributed by atoms with E-state index in [2.05, 4.69) is 14.8 Å². The molecular weight excluding hydrogens is 374 g/mol. The molecule has 1 aromatic carbocycles. The van der Waals surface area contributed by atoms with E-state index in [4.69, 9.17) is 4.74 Å². The molecule has 0 aliphatic carbocycles. The molecule has 1 aromatic heterocycles. The highest BCUT2D eigenvalue weighted by Gasteiger charge is 2.25. The van der Waals surface area contributed by atoms with Gasteiger partial charge in [-0.05, 0) is 13.0 Å². The zero-order valence-electron chi connectivity index (χ0n) is 16.5. The van der Waals surface area contributed by atoms with Gasteiger partial charge in [-0.25, -0.2) is 4.98 Å². The lowest BCUT2D eigenvalue weighted by Crippen LogP contribution is -2.52. The zero-order chi connectivity index (χ0) is 20.4. The molecule has 0 spiro atoms. The Morgan fingerprint density at radius 1 is 1.17 bits per heavy atom. The van der Waals surface area contributed by atoms with E-state index in [-0.39, 0.29) is 16.5 Å². The van der Waals surface area contributed by atoms with Crippen LogP contribution in [0.1, 0.15) is 5.69 Å². The van der Waals surface area contributed by atoms with Crippen molar-refractivity contribution in [3.05, 3.63) is 40.1 Å². The van der Waals surface area contributed by atoms with Crippen molar-refractivity contribution in [2.75, 3.05) is 63.9 Å². The van der Waals surface area contributed by atoms with Gasteiger partial charge >= 0.3 is 0 Å². The first-order valence-electron chi connectivity index (χ1n) is 9.90. The van der Waals surface area contributed by atoms with E-state index in [0.717, 1.165) is 29.9 Å². The molecule has 2 fully saturated rings. The second-order valence-electron chi connectivity index (χ2n) is 7.47. The number of aryl methyl sites for hydroxylation is 1. The molecule has 0 radical (unpaired) electrons. The number of nitro benzene ring substituents is 1. The molecule has 0 N–H and O–H groups in total. The first kappa shape index (κ1) is 19.5.